The number of nitrogens with one attached hydrogen (secondary N) is 1. The number of hydrogen-bond donors (Lipinski definition) is 3. The van der Waals surface area contributed by atoms with Gasteiger partial charge >= 0.3 is 0 Å². The van der Waals surface area contributed by atoms with E-state index >= 15 is 0 Å². The number of fused-ring (bicyclic) bond motifs is 1. The van der Waals surface area contributed by atoms with Crippen molar-refractivity contribution in [2.75, 3.05) is 13.1 Å². The Bertz CT molecular complexity index is 591. The van der Waals surface area contributed by atoms with E-state index in [-0.39, 0.29) is 12.1 Å². The zero-order valence-corrected chi connectivity index (χ0v) is 11.8. The van der Waals surface area contributed by atoms with E-state index in [1.165, 1.54) is 0 Å². The zero-order chi connectivity index (χ0) is 14.1. The summed E-state index contributed by atoms with van der Waals surface area (Å²) in [6, 6.07) is 5.84. The molecule has 1 saturated heterocycles. The predicted octanol–water partition coefficient (Wildman–Crippen LogP) is 2.26. The first kappa shape index (κ1) is 13.5. The second-order valence-electron chi connectivity index (χ2n) is 5.75. The van der Waals surface area contributed by atoms with Gasteiger partial charge in [0, 0.05) is 29.7 Å². The zero-order valence-electron chi connectivity index (χ0n) is 11.8. The fourth-order valence-corrected chi connectivity index (χ4v) is 3.37. The SMILES string of the molecule is CC(O)[C@@H]1CCCN1CCc1c[nH]c2cccc(O)c12. The highest BCUT2D eigenvalue weighted by atomic mass is 16.3. The molecule has 1 aliphatic rings. The highest BCUT2D eigenvalue weighted by Crippen LogP contribution is 2.28. The van der Waals surface area contributed by atoms with Crippen molar-refractivity contribution in [3.63, 3.8) is 0 Å². The number of aromatic amines is 1. The number of phenols is 1. The molecule has 0 saturated carbocycles. The Kier molecular flexibility index (Phi) is 3.68. The smallest absolute Gasteiger partial charge is 0.125 e. The van der Waals surface area contributed by atoms with Gasteiger partial charge in [0.15, 0.2) is 0 Å². The maximum absolute atomic E-state index is 10.00. The predicted molar refractivity (Wildman–Crippen MR) is 79.9 cm³/mol. The first-order valence-electron chi connectivity index (χ1n) is 7.37. The number of nitrogens with zero attached hydrogens (tertiary/aromatic N) is 1. The summed E-state index contributed by atoms with van der Waals surface area (Å²) in [5.41, 5.74) is 2.13. The first-order chi connectivity index (χ1) is 9.66. The Balaban J connectivity index is 1.74. The van der Waals surface area contributed by atoms with Crippen LogP contribution in [0.5, 0.6) is 5.75 Å². The summed E-state index contributed by atoms with van der Waals surface area (Å²) in [6.45, 7) is 3.86. The quantitative estimate of drug-likeness (QED) is 0.801. The maximum Gasteiger partial charge on any atom is 0.125 e. The van der Waals surface area contributed by atoms with Gasteiger partial charge in [-0.15, -0.1) is 0 Å². The monoisotopic (exact) mass is 274 g/mol. The molecule has 1 fully saturated rings. The molecule has 1 aliphatic heterocycles. The Hall–Kier alpha value is -1.52. The standard InChI is InChI=1S/C16H22N2O2/c1-11(19)14-5-3-8-18(14)9-7-12-10-17-13-4-2-6-15(20)16(12)13/h2,4,6,10-11,14,17,19-20H,3,5,7-9H2,1H3/t11?,14-/m0/s1. The molecule has 1 aromatic carbocycles. The number of aromatic hydroxyl groups is 1. The molecule has 0 spiro atoms. The molecular weight excluding hydrogens is 252 g/mol. The fourth-order valence-electron chi connectivity index (χ4n) is 3.37. The van der Waals surface area contributed by atoms with Crippen LogP contribution in [0, 0.1) is 0 Å². The summed E-state index contributed by atoms with van der Waals surface area (Å²) in [5.74, 6) is 0.340. The average molecular weight is 274 g/mol. The maximum atomic E-state index is 10.00. The average Bonchev–Trinajstić information content (AvgIpc) is 3.03. The second-order valence-corrected chi connectivity index (χ2v) is 5.75. The van der Waals surface area contributed by atoms with Crippen molar-refractivity contribution in [2.24, 2.45) is 0 Å². The van der Waals surface area contributed by atoms with Crippen molar-refractivity contribution in [3.8, 4) is 5.75 Å². The number of aromatic nitrogens is 1. The van der Waals surface area contributed by atoms with E-state index in [9.17, 15) is 10.2 Å². The molecule has 3 rings (SSSR count). The number of phenolic OH excluding ortho intramolecular Hbond substituents is 1. The molecule has 1 aromatic heterocycles. The Morgan fingerprint density at radius 1 is 1.45 bits per heavy atom. The largest absolute Gasteiger partial charge is 0.507 e. The van der Waals surface area contributed by atoms with Crippen molar-refractivity contribution < 1.29 is 10.2 Å². The molecule has 1 unspecified atom stereocenters. The molecule has 0 amide bonds. The Morgan fingerprint density at radius 3 is 3.10 bits per heavy atom. The Morgan fingerprint density at radius 2 is 2.30 bits per heavy atom. The van der Waals surface area contributed by atoms with Gasteiger partial charge in [-0.2, -0.15) is 0 Å². The number of rotatable bonds is 4. The van der Waals surface area contributed by atoms with Crippen LogP contribution in [-0.4, -0.2) is 45.3 Å². The van der Waals surface area contributed by atoms with Gasteiger partial charge in [0.05, 0.1) is 6.10 Å². The molecule has 4 heteroatoms. The van der Waals surface area contributed by atoms with Gasteiger partial charge in [0.25, 0.3) is 0 Å². The number of likely N-dealkylation sites (tertiary alicyclic amines) is 1. The minimum atomic E-state index is -0.270. The van der Waals surface area contributed by atoms with Crippen LogP contribution in [0.2, 0.25) is 0 Å². The van der Waals surface area contributed by atoms with E-state index in [0.717, 1.165) is 48.8 Å². The minimum absolute atomic E-state index is 0.270. The molecule has 0 aliphatic carbocycles. The number of benzene rings is 1. The molecule has 20 heavy (non-hydrogen) atoms. The summed E-state index contributed by atoms with van der Waals surface area (Å²) < 4.78 is 0. The normalized spacial score (nSPS) is 21.6. The summed E-state index contributed by atoms with van der Waals surface area (Å²) in [6.07, 6.45) is 4.85. The van der Waals surface area contributed by atoms with Crippen molar-refractivity contribution in [3.05, 3.63) is 30.0 Å². The second kappa shape index (κ2) is 5.46. The van der Waals surface area contributed by atoms with E-state index < -0.39 is 0 Å². The Labute approximate surface area is 119 Å². The van der Waals surface area contributed by atoms with Crippen LogP contribution < -0.4 is 0 Å². The van der Waals surface area contributed by atoms with E-state index in [2.05, 4.69) is 9.88 Å². The minimum Gasteiger partial charge on any atom is -0.507 e. The van der Waals surface area contributed by atoms with Crippen LogP contribution in [0.4, 0.5) is 0 Å². The van der Waals surface area contributed by atoms with Crippen molar-refractivity contribution in [2.45, 2.75) is 38.3 Å². The number of aliphatic hydroxyl groups excluding tert-OH is 1. The summed E-state index contributed by atoms with van der Waals surface area (Å²) >= 11 is 0. The van der Waals surface area contributed by atoms with Crippen LogP contribution >= 0.6 is 0 Å². The van der Waals surface area contributed by atoms with Crippen molar-refractivity contribution >= 4 is 10.9 Å². The van der Waals surface area contributed by atoms with E-state index in [1.54, 1.807) is 6.07 Å². The van der Waals surface area contributed by atoms with Crippen molar-refractivity contribution in [1.29, 1.82) is 0 Å². The summed E-state index contributed by atoms with van der Waals surface area (Å²) in [4.78, 5) is 5.58. The van der Waals surface area contributed by atoms with Crippen molar-refractivity contribution in [1.82, 2.24) is 9.88 Å². The van der Waals surface area contributed by atoms with Crippen LogP contribution in [0.15, 0.2) is 24.4 Å². The molecule has 2 heterocycles. The van der Waals surface area contributed by atoms with Gasteiger partial charge < -0.3 is 15.2 Å². The fraction of sp³-hybridized carbons (Fsp3) is 0.500. The molecule has 2 aromatic rings. The molecule has 108 valence electrons. The van der Waals surface area contributed by atoms with Crippen LogP contribution in [-0.2, 0) is 6.42 Å². The third-order valence-corrected chi connectivity index (χ3v) is 4.40. The first-order valence-corrected chi connectivity index (χ1v) is 7.37. The van der Waals surface area contributed by atoms with Gasteiger partial charge in [-0.05, 0) is 50.4 Å². The molecule has 4 nitrogen and oxygen atoms in total. The molecule has 0 bridgehead atoms. The van der Waals surface area contributed by atoms with Crippen LogP contribution in [0.1, 0.15) is 25.3 Å². The molecule has 2 atom stereocenters. The molecular formula is C16H22N2O2. The number of hydrogen-bond acceptors (Lipinski definition) is 3. The number of aliphatic hydroxyl groups is 1. The third-order valence-electron chi connectivity index (χ3n) is 4.40. The highest BCUT2D eigenvalue weighted by Gasteiger charge is 2.27. The van der Waals surface area contributed by atoms with E-state index in [4.69, 9.17) is 0 Å². The topological polar surface area (TPSA) is 59.5 Å². The van der Waals surface area contributed by atoms with Crippen LogP contribution in [0.3, 0.4) is 0 Å². The number of H-pyrrole nitrogens is 1. The lowest BCUT2D eigenvalue weighted by atomic mass is 10.1. The summed E-state index contributed by atoms with van der Waals surface area (Å²) in [5, 5.41) is 20.7. The summed E-state index contributed by atoms with van der Waals surface area (Å²) in [7, 11) is 0. The lowest BCUT2D eigenvalue weighted by molar-refractivity contribution is 0.0874. The van der Waals surface area contributed by atoms with Gasteiger partial charge in [0.1, 0.15) is 5.75 Å². The molecule has 3 N–H and O–H groups in total. The lowest BCUT2D eigenvalue weighted by Crippen LogP contribution is -2.38. The van der Waals surface area contributed by atoms with Crippen LogP contribution in [0.25, 0.3) is 10.9 Å². The third kappa shape index (κ3) is 2.41. The van der Waals surface area contributed by atoms with E-state index in [0.29, 0.717) is 5.75 Å². The van der Waals surface area contributed by atoms with Gasteiger partial charge in [-0.3, -0.25) is 4.90 Å². The lowest BCUT2D eigenvalue weighted by Gasteiger charge is -2.26. The van der Waals surface area contributed by atoms with Gasteiger partial charge in [-0.1, -0.05) is 6.07 Å². The van der Waals surface area contributed by atoms with Gasteiger partial charge in [-0.25, -0.2) is 0 Å². The van der Waals surface area contributed by atoms with E-state index in [1.807, 2.05) is 25.3 Å². The molecule has 0 radical (unpaired) electrons. The highest BCUT2D eigenvalue weighted by molar-refractivity contribution is 5.88. The van der Waals surface area contributed by atoms with Gasteiger partial charge in [0.2, 0.25) is 0 Å².